The zero-order valence-corrected chi connectivity index (χ0v) is 20.2. The highest BCUT2D eigenvalue weighted by molar-refractivity contribution is 5.97. The summed E-state index contributed by atoms with van der Waals surface area (Å²) in [5.74, 6) is 0.873. The van der Waals surface area contributed by atoms with Gasteiger partial charge in [0.1, 0.15) is 17.5 Å². The smallest absolute Gasteiger partial charge is 0.274 e. The van der Waals surface area contributed by atoms with Crippen molar-refractivity contribution in [2.45, 2.75) is 13.0 Å². The average molecular weight is 479 g/mol. The standard InChI is InChI=1S/C26H30N4O5/c1-4-29-12-14-30(15-13-29)26(32)24(18-8-6-5-7-9-18)27-25(31)21-17-23(35-28-21)20-16-19(33-2)10-11-22(20)34-3/h5-11,16-17,24H,4,12-15H2,1-3H3,(H,27,31). The van der Waals surface area contributed by atoms with Crippen molar-refractivity contribution in [3.05, 3.63) is 65.9 Å². The molecule has 1 fully saturated rings. The molecule has 1 aliphatic heterocycles. The third-order valence-electron chi connectivity index (χ3n) is 6.20. The predicted molar refractivity (Wildman–Crippen MR) is 130 cm³/mol. The van der Waals surface area contributed by atoms with E-state index in [1.165, 1.54) is 6.07 Å². The van der Waals surface area contributed by atoms with Gasteiger partial charge in [-0.3, -0.25) is 9.59 Å². The van der Waals surface area contributed by atoms with E-state index >= 15 is 0 Å². The SMILES string of the molecule is CCN1CCN(C(=O)C(NC(=O)c2cc(-c3cc(OC)ccc3OC)on2)c2ccccc2)CC1. The van der Waals surface area contributed by atoms with Crippen molar-refractivity contribution in [1.29, 1.82) is 0 Å². The number of rotatable bonds is 8. The lowest BCUT2D eigenvalue weighted by atomic mass is 10.0. The molecule has 0 radical (unpaired) electrons. The molecule has 9 nitrogen and oxygen atoms in total. The summed E-state index contributed by atoms with van der Waals surface area (Å²) in [6, 6.07) is 15.2. The van der Waals surface area contributed by atoms with Gasteiger partial charge in [-0.25, -0.2) is 0 Å². The minimum absolute atomic E-state index is 0.0643. The molecular weight excluding hydrogens is 448 g/mol. The number of nitrogens with one attached hydrogen (secondary N) is 1. The number of ether oxygens (including phenoxy) is 2. The van der Waals surface area contributed by atoms with Crippen molar-refractivity contribution in [3.63, 3.8) is 0 Å². The van der Waals surface area contributed by atoms with E-state index in [0.717, 1.165) is 19.6 Å². The summed E-state index contributed by atoms with van der Waals surface area (Å²) >= 11 is 0. The minimum atomic E-state index is -0.830. The highest BCUT2D eigenvalue weighted by atomic mass is 16.5. The van der Waals surface area contributed by atoms with Gasteiger partial charge >= 0.3 is 0 Å². The van der Waals surface area contributed by atoms with Gasteiger partial charge in [-0.15, -0.1) is 0 Å². The van der Waals surface area contributed by atoms with Gasteiger partial charge in [0.25, 0.3) is 5.91 Å². The lowest BCUT2D eigenvalue weighted by molar-refractivity contribution is -0.135. The van der Waals surface area contributed by atoms with Crippen LogP contribution in [0.4, 0.5) is 0 Å². The maximum absolute atomic E-state index is 13.5. The lowest BCUT2D eigenvalue weighted by Crippen LogP contribution is -2.52. The summed E-state index contributed by atoms with van der Waals surface area (Å²) in [5.41, 5.74) is 1.37. The summed E-state index contributed by atoms with van der Waals surface area (Å²) in [5, 5.41) is 6.81. The fourth-order valence-corrected chi connectivity index (χ4v) is 4.12. The normalized spacial score (nSPS) is 14.9. The van der Waals surface area contributed by atoms with Crippen LogP contribution in [0.25, 0.3) is 11.3 Å². The van der Waals surface area contributed by atoms with Crippen LogP contribution >= 0.6 is 0 Å². The van der Waals surface area contributed by atoms with E-state index in [-0.39, 0.29) is 11.6 Å². The Labute approximate surface area is 204 Å². The quantitative estimate of drug-likeness (QED) is 0.532. The van der Waals surface area contributed by atoms with Gasteiger partial charge in [0.05, 0.1) is 19.8 Å². The molecular formula is C26H30N4O5. The van der Waals surface area contributed by atoms with Crippen molar-refractivity contribution >= 4 is 11.8 Å². The number of hydrogen-bond donors (Lipinski definition) is 1. The van der Waals surface area contributed by atoms with Crippen molar-refractivity contribution in [1.82, 2.24) is 20.3 Å². The number of methoxy groups -OCH3 is 2. The molecule has 2 heterocycles. The largest absolute Gasteiger partial charge is 0.497 e. The molecule has 2 amide bonds. The Balaban J connectivity index is 1.55. The van der Waals surface area contributed by atoms with Gasteiger partial charge in [0, 0.05) is 32.2 Å². The van der Waals surface area contributed by atoms with Crippen molar-refractivity contribution in [2.24, 2.45) is 0 Å². The van der Waals surface area contributed by atoms with E-state index in [0.29, 0.717) is 41.5 Å². The van der Waals surface area contributed by atoms with E-state index in [1.54, 1.807) is 37.3 Å². The monoisotopic (exact) mass is 478 g/mol. The van der Waals surface area contributed by atoms with Gasteiger partial charge in [-0.2, -0.15) is 0 Å². The molecule has 184 valence electrons. The summed E-state index contributed by atoms with van der Waals surface area (Å²) in [7, 11) is 3.11. The molecule has 1 unspecified atom stereocenters. The van der Waals surface area contributed by atoms with Crippen LogP contribution in [0, 0.1) is 0 Å². The van der Waals surface area contributed by atoms with Crippen LogP contribution in [0.1, 0.15) is 29.0 Å². The number of likely N-dealkylation sites (N-methyl/N-ethyl adjacent to an activating group) is 1. The molecule has 1 saturated heterocycles. The molecule has 35 heavy (non-hydrogen) atoms. The van der Waals surface area contributed by atoms with Crippen LogP contribution in [-0.2, 0) is 4.79 Å². The molecule has 0 bridgehead atoms. The Morgan fingerprint density at radius 3 is 2.43 bits per heavy atom. The van der Waals surface area contributed by atoms with E-state index in [2.05, 4.69) is 22.3 Å². The van der Waals surface area contributed by atoms with Gasteiger partial charge in [0.15, 0.2) is 11.5 Å². The van der Waals surface area contributed by atoms with Crippen LogP contribution in [0.3, 0.4) is 0 Å². The summed E-state index contributed by atoms with van der Waals surface area (Å²) in [4.78, 5) is 30.7. The first-order valence-electron chi connectivity index (χ1n) is 11.6. The Bertz CT molecular complexity index is 1160. The van der Waals surface area contributed by atoms with Gasteiger partial charge in [-0.05, 0) is 30.3 Å². The number of amides is 2. The van der Waals surface area contributed by atoms with Gasteiger partial charge < -0.3 is 29.1 Å². The zero-order chi connectivity index (χ0) is 24.8. The van der Waals surface area contributed by atoms with Crippen LogP contribution in [0.2, 0.25) is 0 Å². The summed E-state index contributed by atoms with van der Waals surface area (Å²) < 4.78 is 16.2. The van der Waals surface area contributed by atoms with Crippen molar-refractivity contribution in [2.75, 3.05) is 46.9 Å². The molecule has 2 aromatic carbocycles. The second-order valence-corrected chi connectivity index (χ2v) is 8.22. The van der Waals surface area contributed by atoms with Crippen LogP contribution in [0.15, 0.2) is 59.1 Å². The number of hydrogen-bond acceptors (Lipinski definition) is 7. The number of nitrogens with zero attached hydrogens (tertiary/aromatic N) is 3. The molecule has 1 aliphatic rings. The number of benzene rings is 2. The first-order valence-corrected chi connectivity index (χ1v) is 11.6. The molecule has 1 N–H and O–H groups in total. The summed E-state index contributed by atoms with van der Waals surface area (Å²) in [6.45, 7) is 5.93. The Kier molecular flexibility index (Phi) is 7.67. The first kappa shape index (κ1) is 24.3. The Morgan fingerprint density at radius 2 is 1.77 bits per heavy atom. The second-order valence-electron chi connectivity index (χ2n) is 8.22. The Morgan fingerprint density at radius 1 is 1.03 bits per heavy atom. The van der Waals surface area contributed by atoms with Gasteiger partial charge in [0.2, 0.25) is 5.91 Å². The first-order chi connectivity index (χ1) is 17.0. The third-order valence-corrected chi connectivity index (χ3v) is 6.20. The van der Waals surface area contributed by atoms with Crippen LogP contribution in [-0.4, -0.2) is 73.7 Å². The van der Waals surface area contributed by atoms with Gasteiger partial charge in [-0.1, -0.05) is 42.4 Å². The van der Waals surface area contributed by atoms with E-state index in [4.69, 9.17) is 14.0 Å². The molecule has 1 aromatic heterocycles. The predicted octanol–water partition coefficient (Wildman–Crippen LogP) is 2.99. The third kappa shape index (κ3) is 5.46. The van der Waals surface area contributed by atoms with E-state index in [9.17, 15) is 9.59 Å². The minimum Gasteiger partial charge on any atom is -0.497 e. The number of carbonyl (C=O) groups excluding carboxylic acids is 2. The van der Waals surface area contributed by atoms with Crippen molar-refractivity contribution < 1.29 is 23.6 Å². The number of piperazine rings is 1. The molecule has 0 aliphatic carbocycles. The molecule has 1 atom stereocenters. The topological polar surface area (TPSA) is 97.1 Å². The van der Waals surface area contributed by atoms with E-state index < -0.39 is 11.9 Å². The molecule has 9 heteroatoms. The fraction of sp³-hybridized carbons (Fsp3) is 0.346. The maximum Gasteiger partial charge on any atom is 0.274 e. The summed E-state index contributed by atoms with van der Waals surface area (Å²) in [6.07, 6.45) is 0. The maximum atomic E-state index is 13.5. The van der Waals surface area contributed by atoms with Crippen molar-refractivity contribution in [3.8, 4) is 22.8 Å². The molecule has 4 rings (SSSR count). The molecule has 0 spiro atoms. The highest BCUT2D eigenvalue weighted by Crippen LogP contribution is 2.34. The number of aromatic nitrogens is 1. The van der Waals surface area contributed by atoms with Crippen LogP contribution < -0.4 is 14.8 Å². The molecule has 3 aromatic rings. The highest BCUT2D eigenvalue weighted by Gasteiger charge is 2.30. The fourth-order valence-electron chi connectivity index (χ4n) is 4.12. The number of carbonyl (C=O) groups is 2. The average Bonchev–Trinajstić information content (AvgIpc) is 3.42. The zero-order valence-electron chi connectivity index (χ0n) is 20.2. The lowest BCUT2D eigenvalue weighted by Gasteiger charge is -2.36. The second kappa shape index (κ2) is 11.1. The van der Waals surface area contributed by atoms with Crippen LogP contribution in [0.5, 0.6) is 11.5 Å². The Hall–Kier alpha value is -3.85. The van der Waals surface area contributed by atoms with E-state index in [1.807, 2.05) is 30.3 Å². The molecule has 0 saturated carbocycles.